The molecule has 18 heavy (non-hydrogen) atoms. The fraction of sp³-hybridized carbons (Fsp3) is 0.364. The molecule has 1 aromatic carbocycles. The van der Waals surface area contributed by atoms with Crippen LogP contribution >= 0.6 is 11.6 Å². The molecule has 0 saturated carbocycles. The Hall–Kier alpha value is -1.27. The zero-order valence-electron chi connectivity index (χ0n) is 9.30. The van der Waals surface area contributed by atoms with E-state index in [4.69, 9.17) is 21.4 Å². The van der Waals surface area contributed by atoms with E-state index in [0.29, 0.717) is 11.3 Å². The van der Waals surface area contributed by atoms with Crippen LogP contribution < -0.4 is 4.74 Å². The summed E-state index contributed by atoms with van der Waals surface area (Å²) in [4.78, 5) is 10.5. The molecule has 0 aromatic heterocycles. The lowest BCUT2D eigenvalue weighted by Crippen LogP contribution is -2.45. The monoisotopic (exact) mass is 290 g/mol. The van der Waals surface area contributed by atoms with Crippen molar-refractivity contribution in [2.75, 3.05) is 11.5 Å². The van der Waals surface area contributed by atoms with E-state index >= 15 is 0 Å². The van der Waals surface area contributed by atoms with E-state index in [0.717, 1.165) is 0 Å². The van der Waals surface area contributed by atoms with Crippen LogP contribution in [0.3, 0.4) is 0 Å². The quantitative estimate of drug-likeness (QED) is 0.899. The summed E-state index contributed by atoms with van der Waals surface area (Å²) in [5.41, 5.74) is 0.570. The van der Waals surface area contributed by atoms with Crippen LogP contribution in [0.2, 0.25) is 5.02 Å². The number of sulfone groups is 1. The van der Waals surface area contributed by atoms with Crippen LogP contribution in [0, 0.1) is 0 Å². The Morgan fingerprint density at radius 2 is 2.11 bits per heavy atom. The molecule has 1 saturated heterocycles. The SMILES string of the molecule is O=C(O)Cc1ccc(OC2CS(=O)(=O)C2)c(Cl)c1. The molecule has 0 unspecified atom stereocenters. The average molecular weight is 291 g/mol. The topological polar surface area (TPSA) is 80.7 Å². The van der Waals surface area contributed by atoms with Gasteiger partial charge in [0.1, 0.15) is 11.9 Å². The van der Waals surface area contributed by atoms with E-state index in [1.165, 1.54) is 6.07 Å². The van der Waals surface area contributed by atoms with Crippen LogP contribution in [0.5, 0.6) is 5.75 Å². The molecule has 5 nitrogen and oxygen atoms in total. The molecule has 2 rings (SSSR count). The Kier molecular flexibility index (Phi) is 3.49. The lowest BCUT2D eigenvalue weighted by atomic mass is 10.1. The van der Waals surface area contributed by atoms with Gasteiger partial charge in [-0.2, -0.15) is 0 Å². The molecule has 0 spiro atoms. The van der Waals surface area contributed by atoms with Gasteiger partial charge in [-0.1, -0.05) is 17.7 Å². The Labute approximate surface area is 109 Å². The molecule has 7 heteroatoms. The molecular weight excluding hydrogens is 280 g/mol. The molecule has 0 radical (unpaired) electrons. The number of carbonyl (C=O) groups is 1. The first-order valence-electron chi connectivity index (χ1n) is 5.23. The van der Waals surface area contributed by atoms with Gasteiger partial charge in [0.05, 0.1) is 22.9 Å². The highest BCUT2D eigenvalue weighted by molar-refractivity contribution is 7.92. The summed E-state index contributed by atoms with van der Waals surface area (Å²) in [6.07, 6.45) is -0.476. The second kappa shape index (κ2) is 4.78. The summed E-state index contributed by atoms with van der Waals surface area (Å²) in [6, 6.07) is 4.67. The minimum atomic E-state index is -2.93. The van der Waals surface area contributed by atoms with Crippen molar-refractivity contribution in [2.45, 2.75) is 12.5 Å². The number of aliphatic carboxylic acids is 1. The van der Waals surface area contributed by atoms with Crippen LogP contribution in [0.4, 0.5) is 0 Å². The zero-order chi connectivity index (χ0) is 13.3. The Morgan fingerprint density at radius 3 is 2.61 bits per heavy atom. The van der Waals surface area contributed by atoms with Crippen LogP contribution in [0.25, 0.3) is 0 Å². The number of carboxylic acids is 1. The van der Waals surface area contributed by atoms with Crippen molar-refractivity contribution in [1.82, 2.24) is 0 Å². The maximum absolute atomic E-state index is 11.0. The summed E-state index contributed by atoms with van der Waals surface area (Å²) < 4.78 is 27.4. The lowest BCUT2D eigenvalue weighted by Gasteiger charge is -2.26. The molecule has 1 N–H and O–H groups in total. The molecule has 1 heterocycles. The number of hydrogen-bond acceptors (Lipinski definition) is 4. The second-order valence-corrected chi connectivity index (χ2v) is 6.71. The van der Waals surface area contributed by atoms with Gasteiger partial charge in [0, 0.05) is 0 Å². The second-order valence-electron chi connectivity index (χ2n) is 4.15. The highest BCUT2D eigenvalue weighted by Gasteiger charge is 2.35. The molecule has 1 aliphatic rings. The van der Waals surface area contributed by atoms with Crippen LogP contribution in [0.1, 0.15) is 5.56 Å². The number of carboxylic acid groups (broad SMARTS) is 1. The third-order valence-electron chi connectivity index (χ3n) is 2.52. The molecule has 98 valence electrons. The fourth-order valence-electron chi connectivity index (χ4n) is 1.69. The highest BCUT2D eigenvalue weighted by atomic mass is 35.5. The Bertz CT molecular complexity index is 569. The van der Waals surface area contributed by atoms with Gasteiger partial charge in [-0.3, -0.25) is 4.79 Å². The van der Waals surface area contributed by atoms with Gasteiger partial charge < -0.3 is 9.84 Å². The van der Waals surface area contributed by atoms with Gasteiger partial charge in [-0.05, 0) is 17.7 Å². The first kappa shape index (κ1) is 13.2. The van der Waals surface area contributed by atoms with E-state index in [9.17, 15) is 13.2 Å². The maximum Gasteiger partial charge on any atom is 0.307 e. The van der Waals surface area contributed by atoms with E-state index in [2.05, 4.69) is 0 Å². The Morgan fingerprint density at radius 1 is 1.44 bits per heavy atom. The van der Waals surface area contributed by atoms with Crippen molar-refractivity contribution in [3.05, 3.63) is 28.8 Å². The number of ether oxygens (including phenoxy) is 1. The smallest absolute Gasteiger partial charge is 0.307 e. The lowest BCUT2D eigenvalue weighted by molar-refractivity contribution is -0.136. The molecular formula is C11H11ClO5S. The highest BCUT2D eigenvalue weighted by Crippen LogP contribution is 2.28. The van der Waals surface area contributed by atoms with Crippen molar-refractivity contribution in [2.24, 2.45) is 0 Å². The largest absolute Gasteiger partial charge is 0.487 e. The van der Waals surface area contributed by atoms with Crippen molar-refractivity contribution < 1.29 is 23.1 Å². The third-order valence-corrected chi connectivity index (χ3v) is 4.58. The van der Waals surface area contributed by atoms with E-state index in [1.54, 1.807) is 12.1 Å². The van der Waals surface area contributed by atoms with E-state index < -0.39 is 15.8 Å². The number of halogens is 1. The van der Waals surface area contributed by atoms with Crippen molar-refractivity contribution in [3.8, 4) is 5.75 Å². The van der Waals surface area contributed by atoms with E-state index in [1.807, 2.05) is 0 Å². The predicted molar refractivity (Wildman–Crippen MR) is 65.9 cm³/mol. The van der Waals surface area contributed by atoms with Gasteiger partial charge in [0.2, 0.25) is 0 Å². The molecule has 0 atom stereocenters. The van der Waals surface area contributed by atoms with Crippen LogP contribution in [-0.4, -0.2) is 37.1 Å². The average Bonchev–Trinajstić information content (AvgIpc) is 2.18. The van der Waals surface area contributed by atoms with Gasteiger partial charge in [0.15, 0.2) is 9.84 Å². The van der Waals surface area contributed by atoms with Gasteiger partial charge >= 0.3 is 5.97 Å². The molecule has 1 fully saturated rings. The summed E-state index contributed by atoms with van der Waals surface area (Å²) in [6.45, 7) is 0. The summed E-state index contributed by atoms with van der Waals surface area (Å²) in [7, 11) is -2.93. The molecule has 0 amide bonds. The van der Waals surface area contributed by atoms with Crippen LogP contribution in [-0.2, 0) is 21.1 Å². The normalized spacial score (nSPS) is 18.1. The van der Waals surface area contributed by atoms with Gasteiger partial charge in [-0.15, -0.1) is 0 Å². The molecule has 0 aliphatic carbocycles. The molecule has 1 aromatic rings. The van der Waals surface area contributed by atoms with Gasteiger partial charge in [-0.25, -0.2) is 8.42 Å². The molecule has 1 aliphatic heterocycles. The minimum absolute atomic E-state index is 0.000205. The third kappa shape index (κ3) is 3.14. The summed E-state index contributed by atoms with van der Waals surface area (Å²) in [5, 5.41) is 8.93. The van der Waals surface area contributed by atoms with Crippen LogP contribution in [0.15, 0.2) is 18.2 Å². The van der Waals surface area contributed by atoms with E-state index in [-0.39, 0.29) is 29.1 Å². The van der Waals surface area contributed by atoms with Crippen molar-refractivity contribution >= 4 is 27.4 Å². The standard InChI is InChI=1S/C11H11ClO5S/c12-9-3-7(4-11(13)14)1-2-10(9)17-8-5-18(15,16)6-8/h1-3,8H,4-6H2,(H,13,14). The minimum Gasteiger partial charge on any atom is -0.487 e. The first-order chi connectivity index (χ1) is 8.35. The first-order valence-corrected chi connectivity index (χ1v) is 7.43. The zero-order valence-corrected chi connectivity index (χ0v) is 10.9. The predicted octanol–water partition coefficient (Wildman–Crippen LogP) is 1.14. The maximum atomic E-state index is 11.0. The fourth-order valence-corrected chi connectivity index (χ4v) is 3.11. The number of rotatable bonds is 4. The summed E-state index contributed by atoms with van der Waals surface area (Å²) >= 11 is 5.94. The van der Waals surface area contributed by atoms with Gasteiger partial charge in [0.25, 0.3) is 0 Å². The number of hydrogen-bond donors (Lipinski definition) is 1. The molecule has 0 bridgehead atoms. The number of benzene rings is 1. The van der Waals surface area contributed by atoms with Crippen molar-refractivity contribution in [1.29, 1.82) is 0 Å². The summed E-state index contributed by atoms with van der Waals surface area (Å²) in [5.74, 6) is -0.559. The van der Waals surface area contributed by atoms with Crippen molar-refractivity contribution in [3.63, 3.8) is 0 Å². The Balaban J connectivity index is 2.04.